The van der Waals surface area contributed by atoms with Crippen LogP contribution in [0.5, 0.6) is 0 Å². The number of hydroxylamine groups is 1. The summed E-state index contributed by atoms with van der Waals surface area (Å²) in [6.45, 7) is 2.93. The lowest BCUT2D eigenvalue weighted by atomic mass is 9.97. The van der Waals surface area contributed by atoms with Crippen LogP contribution in [0.25, 0.3) is 10.9 Å². The SMILES string of the molecule is Cn1cc(CCN(CC2CCN(c3ncc(C(=O)NOC4CCCCO4)cn3)CC2)S(C)(=O)=O)c2cc(Cl)ccc21. The maximum absolute atomic E-state index is 12.7. The van der Waals surface area contributed by atoms with Crippen LogP contribution in [0.2, 0.25) is 5.02 Å². The first-order chi connectivity index (χ1) is 19.7. The first kappa shape index (κ1) is 29.7. The van der Waals surface area contributed by atoms with Gasteiger partial charge in [0.05, 0.1) is 11.8 Å². The van der Waals surface area contributed by atoms with Crippen molar-refractivity contribution in [2.75, 3.05) is 43.9 Å². The van der Waals surface area contributed by atoms with Gasteiger partial charge in [0.1, 0.15) is 0 Å². The second kappa shape index (κ2) is 13.0. The highest BCUT2D eigenvalue weighted by molar-refractivity contribution is 7.88. The van der Waals surface area contributed by atoms with E-state index in [4.69, 9.17) is 21.2 Å². The number of amides is 1. The second-order valence-electron chi connectivity index (χ2n) is 10.8. The summed E-state index contributed by atoms with van der Waals surface area (Å²) in [5.74, 6) is 0.357. The summed E-state index contributed by atoms with van der Waals surface area (Å²) >= 11 is 6.23. The molecular formula is C28H37ClN6O5S. The van der Waals surface area contributed by atoms with Gasteiger partial charge in [-0.15, -0.1) is 0 Å². The highest BCUT2D eigenvalue weighted by Gasteiger charge is 2.27. The van der Waals surface area contributed by atoms with E-state index in [0.29, 0.717) is 55.7 Å². The van der Waals surface area contributed by atoms with Gasteiger partial charge in [-0.3, -0.25) is 4.79 Å². The summed E-state index contributed by atoms with van der Waals surface area (Å²) in [5, 5.41) is 1.72. The Hall–Kier alpha value is -2.77. The van der Waals surface area contributed by atoms with E-state index >= 15 is 0 Å². The molecule has 0 bridgehead atoms. The van der Waals surface area contributed by atoms with E-state index in [0.717, 1.165) is 48.6 Å². The van der Waals surface area contributed by atoms with Gasteiger partial charge >= 0.3 is 0 Å². The number of hydrogen-bond acceptors (Lipinski definition) is 8. The molecule has 2 aromatic heterocycles. The Morgan fingerprint density at radius 2 is 1.95 bits per heavy atom. The zero-order chi connectivity index (χ0) is 29.0. The normalized spacial score (nSPS) is 18.7. The number of halogens is 1. The van der Waals surface area contributed by atoms with Crippen molar-refractivity contribution < 1.29 is 22.8 Å². The van der Waals surface area contributed by atoms with Crippen LogP contribution < -0.4 is 10.4 Å². The minimum absolute atomic E-state index is 0.229. The minimum Gasteiger partial charge on any atom is -0.350 e. The standard InChI is InChI=1S/C28H37ClN6O5S/c1-33-19-21(24-15-23(29)6-7-25(24)33)10-13-35(41(2,37)38)18-20-8-11-34(12-9-20)28-30-16-22(17-31-28)27(36)32-40-26-5-3-4-14-39-26/h6-7,15-17,19-20,26H,3-5,8-14,18H2,1-2H3,(H,32,36). The van der Waals surface area contributed by atoms with Gasteiger partial charge in [-0.25, -0.2) is 33.0 Å². The highest BCUT2D eigenvalue weighted by Crippen LogP contribution is 2.26. The van der Waals surface area contributed by atoms with Gasteiger partial charge in [0.25, 0.3) is 5.91 Å². The molecule has 41 heavy (non-hydrogen) atoms. The van der Waals surface area contributed by atoms with Crippen molar-refractivity contribution in [3.63, 3.8) is 0 Å². The Balaban J connectivity index is 1.12. The average molecular weight is 605 g/mol. The molecule has 1 N–H and O–H groups in total. The van der Waals surface area contributed by atoms with E-state index in [1.54, 1.807) is 4.31 Å². The fraction of sp³-hybridized carbons (Fsp3) is 0.536. The smallest absolute Gasteiger partial charge is 0.278 e. The summed E-state index contributed by atoms with van der Waals surface area (Å²) in [4.78, 5) is 28.6. The number of nitrogens with one attached hydrogen (secondary N) is 1. The Kier molecular flexibility index (Phi) is 9.45. The van der Waals surface area contributed by atoms with Crippen molar-refractivity contribution in [1.29, 1.82) is 0 Å². The largest absolute Gasteiger partial charge is 0.350 e. The van der Waals surface area contributed by atoms with Crippen LogP contribution in [0.15, 0.2) is 36.8 Å². The van der Waals surface area contributed by atoms with Crippen molar-refractivity contribution in [3.8, 4) is 0 Å². The molecule has 2 saturated heterocycles. The van der Waals surface area contributed by atoms with Gasteiger partial charge in [0.15, 0.2) is 6.29 Å². The maximum Gasteiger partial charge on any atom is 0.278 e. The van der Waals surface area contributed by atoms with Crippen molar-refractivity contribution in [2.24, 2.45) is 13.0 Å². The third-order valence-electron chi connectivity index (χ3n) is 7.81. The number of anilines is 1. The molecule has 3 aromatic rings. The molecule has 4 heterocycles. The molecule has 0 saturated carbocycles. The number of aryl methyl sites for hydroxylation is 1. The van der Waals surface area contributed by atoms with Gasteiger partial charge in [-0.1, -0.05) is 11.6 Å². The van der Waals surface area contributed by atoms with Gasteiger partial charge in [-0.05, 0) is 61.8 Å². The van der Waals surface area contributed by atoms with Crippen LogP contribution in [-0.4, -0.2) is 78.5 Å². The summed E-state index contributed by atoms with van der Waals surface area (Å²) in [6.07, 6.45) is 10.9. The lowest BCUT2D eigenvalue weighted by Crippen LogP contribution is -2.41. The van der Waals surface area contributed by atoms with Crippen molar-refractivity contribution in [2.45, 2.75) is 44.8 Å². The molecule has 5 rings (SSSR count). The zero-order valence-corrected chi connectivity index (χ0v) is 25.0. The molecule has 0 aliphatic carbocycles. The topological polar surface area (TPSA) is 119 Å². The van der Waals surface area contributed by atoms with E-state index in [1.165, 1.54) is 18.6 Å². The lowest BCUT2D eigenvalue weighted by Gasteiger charge is -2.34. The van der Waals surface area contributed by atoms with E-state index in [-0.39, 0.29) is 5.92 Å². The molecule has 2 aliphatic heterocycles. The molecule has 0 radical (unpaired) electrons. The van der Waals surface area contributed by atoms with Gasteiger partial charge in [0.2, 0.25) is 16.0 Å². The molecule has 1 aromatic carbocycles. The van der Waals surface area contributed by atoms with Crippen LogP contribution in [-0.2, 0) is 33.1 Å². The highest BCUT2D eigenvalue weighted by atomic mass is 35.5. The molecule has 13 heteroatoms. The molecule has 1 amide bonds. The third kappa shape index (κ3) is 7.55. The minimum atomic E-state index is -3.37. The fourth-order valence-corrected chi connectivity index (χ4v) is 6.55. The van der Waals surface area contributed by atoms with Crippen LogP contribution >= 0.6 is 11.6 Å². The summed E-state index contributed by atoms with van der Waals surface area (Å²) < 4.78 is 34.5. The number of aromatic nitrogens is 3. The molecular weight excluding hydrogens is 568 g/mol. The molecule has 0 spiro atoms. The van der Waals surface area contributed by atoms with Crippen LogP contribution in [0.3, 0.4) is 0 Å². The number of hydrogen-bond donors (Lipinski definition) is 1. The number of sulfonamides is 1. The predicted molar refractivity (Wildman–Crippen MR) is 157 cm³/mol. The monoisotopic (exact) mass is 604 g/mol. The lowest BCUT2D eigenvalue weighted by molar-refractivity contribution is -0.186. The average Bonchev–Trinajstić information content (AvgIpc) is 3.28. The van der Waals surface area contributed by atoms with E-state index in [9.17, 15) is 13.2 Å². The third-order valence-corrected chi connectivity index (χ3v) is 9.32. The number of ether oxygens (including phenoxy) is 1. The van der Waals surface area contributed by atoms with Crippen molar-refractivity contribution >= 4 is 44.4 Å². The van der Waals surface area contributed by atoms with E-state index < -0.39 is 22.2 Å². The first-order valence-electron chi connectivity index (χ1n) is 14.0. The Bertz CT molecular complexity index is 1450. The van der Waals surface area contributed by atoms with E-state index in [2.05, 4.69) is 20.3 Å². The van der Waals surface area contributed by atoms with Crippen LogP contribution in [0.4, 0.5) is 5.95 Å². The summed E-state index contributed by atoms with van der Waals surface area (Å²) in [7, 11) is -1.39. The molecule has 11 nitrogen and oxygen atoms in total. The molecule has 2 fully saturated rings. The number of benzene rings is 1. The van der Waals surface area contributed by atoms with Crippen LogP contribution in [0, 0.1) is 5.92 Å². The molecule has 1 unspecified atom stereocenters. The van der Waals surface area contributed by atoms with Gasteiger partial charge in [-0.2, -0.15) is 0 Å². The molecule has 2 aliphatic rings. The quantitative estimate of drug-likeness (QED) is 0.349. The first-order valence-corrected chi connectivity index (χ1v) is 16.2. The number of piperidine rings is 1. The number of carbonyl (C=O) groups excluding carboxylic acids is 1. The molecule has 222 valence electrons. The Morgan fingerprint density at radius 1 is 1.20 bits per heavy atom. The number of fused-ring (bicyclic) bond motifs is 1. The van der Waals surface area contributed by atoms with E-state index in [1.807, 2.05) is 36.0 Å². The zero-order valence-electron chi connectivity index (χ0n) is 23.5. The number of nitrogens with zero attached hydrogens (tertiary/aromatic N) is 5. The molecule has 1 atom stereocenters. The number of carbonyl (C=O) groups is 1. The number of rotatable bonds is 10. The fourth-order valence-electron chi connectivity index (χ4n) is 5.47. The predicted octanol–water partition coefficient (Wildman–Crippen LogP) is 3.53. The van der Waals surface area contributed by atoms with Crippen LogP contribution in [0.1, 0.15) is 48.0 Å². The summed E-state index contributed by atoms with van der Waals surface area (Å²) in [6, 6.07) is 5.79. The van der Waals surface area contributed by atoms with Crippen molar-refractivity contribution in [1.82, 2.24) is 24.3 Å². The van der Waals surface area contributed by atoms with Gasteiger partial charge in [0, 0.05) is 80.8 Å². The van der Waals surface area contributed by atoms with Crippen molar-refractivity contribution in [3.05, 3.63) is 52.9 Å². The Labute approximate surface area is 245 Å². The Morgan fingerprint density at radius 3 is 2.63 bits per heavy atom. The second-order valence-corrected chi connectivity index (χ2v) is 13.3. The van der Waals surface area contributed by atoms with Gasteiger partial charge < -0.3 is 14.2 Å². The maximum atomic E-state index is 12.7. The summed E-state index contributed by atoms with van der Waals surface area (Å²) in [5.41, 5.74) is 4.87.